The van der Waals surface area contributed by atoms with Gasteiger partial charge in [-0.1, -0.05) is 53.7 Å². The van der Waals surface area contributed by atoms with Crippen molar-refractivity contribution in [2.75, 3.05) is 12.9 Å². The van der Waals surface area contributed by atoms with Gasteiger partial charge in [0, 0.05) is 17.7 Å². The van der Waals surface area contributed by atoms with E-state index in [1.54, 1.807) is 7.11 Å². The molecule has 1 amide bonds. The van der Waals surface area contributed by atoms with Crippen molar-refractivity contribution in [2.45, 2.75) is 25.4 Å². The summed E-state index contributed by atoms with van der Waals surface area (Å²) in [7, 11) is 1.62. The number of carbonyl (C=O) groups excluding carboxylic acids is 1. The predicted molar refractivity (Wildman–Crippen MR) is 113 cm³/mol. The van der Waals surface area contributed by atoms with Crippen molar-refractivity contribution < 1.29 is 9.53 Å². The molecule has 0 saturated heterocycles. The van der Waals surface area contributed by atoms with E-state index in [1.165, 1.54) is 22.9 Å². The Kier molecular flexibility index (Phi) is 6.66. The minimum absolute atomic E-state index is 0.0591. The fourth-order valence-electron chi connectivity index (χ4n) is 2.87. The molecule has 6 heteroatoms. The van der Waals surface area contributed by atoms with E-state index in [-0.39, 0.29) is 11.7 Å². The van der Waals surface area contributed by atoms with Crippen molar-refractivity contribution >= 4 is 17.7 Å². The summed E-state index contributed by atoms with van der Waals surface area (Å²) in [5.41, 5.74) is 5.25. The lowest BCUT2D eigenvalue weighted by Gasteiger charge is -2.09. The van der Waals surface area contributed by atoms with Crippen molar-refractivity contribution in [3.63, 3.8) is 0 Å². The summed E-state index contributed by atoms with van der Waals surface area (Å²) in [6.07, 6.45) is 0. The van der Waals surface area contributed by atoms with Crippen LogP contribution < -0.4 is 10.1 Å². The number of hydrogen-bond donors (Lipinski definition) is 1. The molecule has 1 N–H and O–H groups in total. The first kappa shape index (κ1) is 19.9. The second-order valence-corrected chi connectivity index (χ2v) is 7.45. The second-order valence-electron chi connectivity index (χ2n) is 6.45. The van der Waals surface area contributed by atoms with Crippen LogP contribution in [0.2, 0.25) is 0 Å². The molecular formula is C22H23N3O2S. The molecule has 1 aromatic heterocycles. The highest BCUT2D eigenvalue weighted by molar-refractivity contribution is 7.99. The third-order valence-corrected chi connectivity index (χ3v) is 5.24. The lowest BCUT2D eigenvalue weighted by atomic mass is 10.0. The van der Waals surface area contributed by atoms with Gasteiger partial charge in [-0.05, 0) is 37.6 Å². The van der Waals surface area contributed by atoms with Gasteiger partial charge in [0.2, 0.25) is 5.91 Å². The Morgan fingerprint density at radius 1 is 1.07 bits per heavy atom. The Hall–Kier alpha value is -2.86. The van der Waals surface area contributed by atoms with Gasteiger partial charge >= 0.3 is 0 Å². The van der Waals surface area contributed by atoms with Gasteiger partial charge in [-0.2, -0.15) is 0 Å². The van der Waals surface area contributed by atoms with E-state index < -0.39 is 0 Å². The maximum Gasteiger partial charge on any atom is 0.230 e. The fourth-order valence-corrected chi connectivity index (χ4v) is 3.52. The molecule has 2 aromatic carbocycles. The number of methoxy groups -OCH3 is 1. The van der Waals surface area contributed by atoms with Gasteiger partial charge in [-0.25, -0.2) is 0 Å². The molecule has 1 heterocycles. The summed E-state index contributed by atoms with van der Waals surface area (Å²) in [6, 6.07) is 17.7. The highest BCUT2D eigenvalue weighted by Gasteiger charge is 2.08. The number of rotatable bonds is 7. The first-order valence-corrected chi connectivity index (χ1v) is 9.98. The predicted octanol–water partition coefficient (Wildman–Crippen LogP) is 4.18. The van der Waals surface area contributed by atoms with Crippen LogP contribution in [0.1, 0.15) is 16.7 Å². The minimum Gasteiger partial charge on any atom is -0.496 e. The summed E-state index contributed by atoms with van der Waals surface area (Å²) >= 11 is 1.37. The lowest BCUT2D eigenvalue weighted by Crippen LogP contribution is -2.24. The summed E-state index contributed by atoms with van der Waals surface area (Å²) < 4.78 is 5.29. The molecule has 0 aliphatic rings. The zero-order chi connectivity index (χ0) is 19.9. The Morgan fingerprint density at radius 2 is 1.89 bits per heavy atom. The number of nitrogens with one attached hydrogen (secondary N) is 1. The number of nitrogens with zero attached hydrogens (tertiary/aromatic N) is 2. The normalized spacial score (nSPS) is 10.5. The molecule has 0 radical (unpaired) electrons. The van der Waals surface area contributed by atoms with Crippen LogP contribution >= 0.6 is 11.8 Å². The van der Waals surface area contributed by atoms with E-state index in [0.717, 1.165) is 27.6 Å². The molecule has 28 heavy (non-hydrogen) atoms. The van der Waals surface area contributed by atoms with Gasteiger partial charge in [0.1, 0.15) is 10.8 Å². The van der Waals surface area contributed by atoms with Crippen LogP contribution in [0.15, 0.2) is 59.6 Å². The number of carbonyl (C=O) groups is 1. The summed E-state index contributed by atoms with van der Waals surface area (Å²) in [5, 5.41) is 12.2. The molecule has 3 rings (SSSR count). The average molecular weight is 394 g/mol. The highest BCUT2D eigenvalue weighted by Crippen LogP contribution is 2.23. The maximum absolute atomic E-state index is 12.1. The topological polar surface area (TPSA) is 64.1 Å². The van der Waals surface area contributed by atoms with E-state index in [4.69, 9.17) is 4.74 Å². The van der Waals surface area contributed by atoms with Gasteiger partial charge in [-0.3, -0.25) is 4.79 Å². The largest absolute Gasteiger partial charge is 0.496 e. The Labute approximate surface area is 169 Å². The molecule has 0 atom stereocenters. The fraction of sp³-hybridized carbons (Fsp3) is 0.227. The molecule has 5 nitrogen and oxygen atoms in total. The molecule has 0 fully saturated rings. The Bertz CT molecular complexity index is 958. The SMILES string of the molecule is COc1ccccc1CNC(=O)CSc1ccc(-c2ccc(C)cc2C)nn1. The van der Waals surface area contributed by atoms with Gasteiger partial charge in [0.25, 0.3) is 0 Å². The molecule has 0 aliphatic carbocycles. The quantitative estimate of drug-likeness (QED) is 0.610. The van der Waals surface area contributed by atoms with Gasteiger partial charge in [0.05, 0.1) is 18.6 Å². The monoisotopic (exact) mass is 393 g/mol. The number of amides is 1. The van der Waals surface area contributed by atoms with Crippen molar-refractivity contribution in [1.82, 2.24) is 15.5 Å². The number of aryl methyl sites for hydroxylation is 2. The smallest absolute Gasteiger partial charge is 0.230 e. The molecule has 0 aliphatic heterocycles. The molecular weight excluding hydrogens is 370 g/mol. The van der Waals surface area contributed by atoms with Gasteiger partial charge in [-0.15, -0.1) is 10.2 Å². The highest BCUT2D eigenvalue weighted by atomic mass is 32.2. The summed E-state index contributed by atoms with van der Waals surface area (Å²) in [5.74, 6) is 0.992. The number of ether oxygens (including phenoxy) is 1. The first-order chi connectivity index (χ1) is 13.6. The molecule has 0 bridgehead atoms. The Morgan fingerprint density at radius 3 is 2.61 bits per heavy atom. The van der Waals surface area contributed by atoms with Crippen molar-refractivity contribution in [3.8, 4) is 17.0 Å². The van der Waals surface area contributed by atoms with Crippen molar-refractivity contribution in [3.05, 3.63) is 71.3 Å². The zero-order valence-corrected chi connectivity index (χ0v) is 17.0. The molecule has 0 unspecified atom stereocenters. The average Bonchev–Trinajstić information content (AvgIpc) is 2.71. The molecule has 0 spiro atoms. The van der Waals surface area contributed by atoms with Crippen LogP contribution in [-0.4, -0.2) is 29.0 Å². The molecule has 144 valence electrons. The van der Waals surface area contributed by atoms with Crippen LogP contribution in [0.5, 0.6) is 5.75 Å². The van der Waals surface area contributed by atoms with Crippen molar-refractivity contribution in [1.29, 1.82) is 0 Å². The first-order valence-electron chi connectivity index (χ1n) is 8.99. The van der Waals surface area contributed by atoms with Crippen LogP contribution in [-0.2, 0) is 11.3 Å². The summed E-state index contributed by atoms with van der Waals surface area (Å²) in [6.45, 7) is 4.57. The zero-order valence-electron chi connectivity index (χ0n) is 16.2. The number of para-hydroxylation sites is 1. The van der Waals surface area contributed by atoms with Crippen molar-refractivity contribution in [2.24, 2.45) is 0 Å². The standard InChI is InChI=1S/C22H23N3O2S/c1-15-8-9-18(16(2)12-15)19-10-11-22(25-24-19)28-14-21(26)23-13-17-6-4-5-7-20(17)27-3/h4-12H,13-14H2,1-3H3,(H,23,26). The minimum atomic E-state index is -0.0591. The van der Waals surface area contributed by atoms with Crippen LogP contribution in [0.3, 0.4) is 0 Å². The Balaban J connectivity index is 1.54. The number of hydrogen-bond acceptors (Lipinski definition) is 5. The molecule has 0 saturated carbocycles. The van der Waals surface area contributed by atoms with Crippen LogP contribution in [0.25, 0.3) is 11.3 Å². The lowest BCUT2D eigenvalue weighted by molar-refractivity contribution is -0.118. The van der Waals surface area contributed by atoms with E-state index in [0.29, 0.717) is 6.54 Å². The van der Waals surface area contributed by atoms with E-state index in [2.05, 4.69) is 47.6 Å². The van der Waals surface area contributed by atoms with Crippen LogP contribution in [0.4, 0.5) is 0 Å². The number of aromatic nitrogens is 2. The third kappa shape index (κ3) is 5.10. The maximum atomic E-state index is 12.1. The third-order valence-electron chi connectivity index (χ3n) is 4.32. The van der Waals surface area contributed by atoms with Crippen LogP contribution in [0, 0.1) is 13.8 Å². The van der Waals surface area contributed by atoms with Gasteiger partial charge < -0.3 is 10.1 Å². The van der Waals surface area contributed by atoms with E-state index in [1.807, 2.05) is 36.4 Å². The van der Waals surface area contributed by atoms with E-state index >= 15 is 0 Å². The number of benzene rings is 2. The summed E-state index contributed by atoms with van der Waals surface area (Å²) in [4.78, 5) is 12.1. The molecule has 3 aromatic rings. The number of thioether (sulfide) groups is 1. The van der Waals surface area contributed by atoms with Gasteiger partial charge in [0.15, 0.2) is 0 Å². The second kappa shape index (κ2) is 9.37. The van der Waals surface area contributed by atoms with E-state index in [9.17, 15) is 4.79 Å².